The average molecular weight is 182 g/mol. The van der Waals surface area contributed by atoms with Crippen LogP contribution in [0.3, 0.4) is 0 Å². The fourth-order valence-electron chi connectivity index (χ4n) is 0.952. The largest absolute Gasteiger partial charge is 0.343 e. The summed E-state index contributed by atoms with van der Waals surface area (Å²) in [4.78, 5) is 37.3. The Hall–Kier alpha value is -1.33. The van der Waals surface area contributed by atoms with E-state index in [2.05, 4.69) is 4.84 Å². The van der Waals surface area contributed by atoms with Gasteiger partial charge in [0.1, 0.15) is 0 Å². The van der Waals surface area contributed by atoms with Gasteiger partial charge < -0.3 is 4.84 Å². The van der Waals surface area contributed by atoms with E-state index >= 15 is 0 Å². The Morgan fingerprint density at radius 1 is 1.46 bits per heavy atom. The number of rotatable bonds is 3. The van der Waals surface area contributed by atoms with Gasteiger partial charge in [0, 0.05) is 12.8 Å². The summed E-state index contributed by atoms with van der Waals surface area (Å²) < 4.78 is 0. The van der Waals surface area contributed by atoms with Gasteiger partial charge >= 0.3 is 0 Å². The SMILES string of the molecule is CC[B]C(=O)ON1C(=O)CCC1=O. The van der Waals surface area contributed by atoms with Crippen LogP contribution in [0.4, 0.5) is 4.79 Å². The van der Waals surface area contributed by atoms with Gasteiger partial charge in [0.25, 0.3) is 25.0 Å². The van der Waals surface area contributed by atoms with Crippen molar-refractivity contribution < 1.29 is 19.2 Å². The van der Waals surface area contributed by atoms with Gasteiger partial charge in [-0.15, -0.1) is 5.06 Å². The Balaban J connectivity index is 2.48. The summed E-state index contributed by atoms with van der Waals surface area (Å²) in [6.07, 6.45) is 0.755. The first-order chi connectivity index (χ1) is 6.15. The number of carbonyl (C=O) groups excluding carboxylic acids is 3. The third-order valence-electron chi connectivity index (χ3n) is 1.56. The molecule has 1 radical (unpaired) electrons. The molecule has 1 aliphatic rings. The van der Waals surface area contributed by atoms with Gasteiger partial charge in [-0.1, -0.05) is 13.2 Å². The van der Waals surface area contributed by atoms with E-state index < -0.39 is 17.7 Å². The van der Waals surface area contributed by atoms with Gasteiger partial charge in [-0.05, 0) is 0 Å². The molecule has 2 amide bonds. The molecule has 0 N–H and O–H groups in total. The summed E-state index contributed by atoms with van der Waals surface area (Å²) in [5.41, 5.74) is 0. The van der Waals surface area contributed by atoms with Crippen molar-refractivity contribution >= 4 is 25.0 Å². The van der Waals surface area contributed by atoms with E-state index in [9.17, 15) is 14.4 Å². The van der Waals surface area contributed by atoms with Gasteiger partial charge in [-0.25, -0.2) is 0 Å². The second-order valence-electron chi connectivity index (χ2n) is 2.60. The van der Waals surface area contributed by atoms with Gasteiger partial charge in [-0.2, -0.15) is 0 Å². The molecule has 6 heteroatoms. The molecular formula is C7H9BNO4. The molecule has 0 spiro atoms. The maximum atomic E-state index is 10.9. The summed E-state index contributed by atoms with van der Waals surface area (Å²) in [5, 5.41) is 0.536. The van der Waals surface area contributed by atoms with Crippen molar-refractivity contribution in [2.24, 2.45) is 0 Å². The lowest BCUT2D eigenvalue weighted by Gasteiger charge is -2.11. The Labute approximate surface area is 76.2 Å². The first-order valence-corrected chi connectivity index (χ1v) is 4.06. The number of hydrogen-bond donors (Lipinski definition) is 0. The van der Waals surface area contributed by atoms with Crippen LogP contribution in [0.1, 0.15) is 19.8 Å². The summed E-state index contributed by atoms with van der Waals surface area (Å²) in [6.45, 7) is 1.76. The standard InChI is InChI=1S/C7H9BNO4/c1-2-8-7(12)13-9-5(10)3-4-6(9)11/h2-4H2,1H3. The maximum absolute atomic E-state index is 10.9. The second-order valence-corrected chi connectivity index (χ2v) is 2.60. The summed E-state index contributed by atoms with van der Waals surface area (Å²) >= 11 is 0. The number of carbonyl (C=O) groups is 3. The topological polar surface area (TPSA) is 63.7 Å². The monoisotopic (exact) mass is 182 g/mol. The van der Waals surface area contributed by atoms with E-state index in [1.807, 2.05) is 0 Å². The predicted molar refractivity (Wildman–Crippen MR) is 43.8 cm³/mol. The average Bonchev–Trinajstić information content (AvgIpc) is 2.36. The molecular weight excluding hydrogens is 173 g/mol. The van der Waals surface area contributed by atoms with Crippen molar-refractivity contribution in [1.82, 2.24) is 5.06 Å². The van der Waals surface area contributed by atoms with Crippen LogP contribution in [0.15, 0.2) is 0 Å². The molecule has 0 unspecified atom stereocenters. The third-order valence-corrected chi connectivity index (χ3v) is 1.56. The lowest BCUT2D eigenvalue weighted by atomic mass is 9.76. The zero-order valence-corrected chi connectivity index (χ0v) is 7.28. The molecule has 0 aromatic carbocycles. The van der Waals surface area contributed by atoms with Crippen LogP contribution in [0.5, 0.6) is 0 Å². The highest BCUT2D eigenvalue weighted by Gasteiger charge is 2.32. The van der Waals surface area contributed by atoms with Crippen LogP contribution in [0.2, 0.25) is 6.32 Å². The quantitative estimate of drug-likeness (QED) is 0.465. The highest BCUT2D eigenvalue weighted by Crippen LogP contribution is 2.12. The van der Waals surface area contributed by atoms with E-state index in [4.69, 9.17) is 0 Å². The van der Waals surface area contributed by atoms with Crippen LogP contribution in [-0.2, 0) is 14.4 Å². The van der Waals surface area contributed by atoms with E-state index in [0.29, 0.717) is 11.4 Å². The van der Waals surface area contributed by atoms with E-state index in [1.165, 1.54) is 7.28 Å². The minimum Gasteiger partial charge on any atom is -0.343 e. The second kappa shape index (κ2) is 4.07. The molecule has 0 aliphatic carbocycles. The first kappa shape index (κ1) is 9.76. The van der Waals surface area contributed by atoms with Crippen LogP contribution in [-0.4, -0.2) is 30.0 Å². The number of amides is 2. The fourth-order valence-corrected chi connectivity index (χ4v) is 0.952. The van der Waals surface area contributed by atoms with Crippen molar-refractivity contribution in [3.63, 3.8) is 0 Å². The molecule has 5 nitrogen and oxygen atoms in total. The highest BCUT2D eigenvalue weighted by atomic mass is 16.7. The van der Waals surface area contributed by atoms with Crippen molar-refractivity contribution in [3.8, 4) is 0 Å². The van der Waals surface area contributed by atoms with Gasteiger partial charge in [-0.3, -0.25) is 14.4 Å². The minimum atomic E-state index is -0.661. The highest BCUT2D eigenvalue weighted by molar-refractivity contribution is 6.71. The number of imide groups is 1. The molecule has 69 valence electrons. The summed E-state index contributed by atoms with van der Waals surface area (Å²) in [5.74, 6) is -1.57. The van der Waals surface area contributed by atoms with Gasteiger partial charge in [0.15, 0.2) is 0 Å². The molecule has 1 rings (SSSR count). The molecule has 1 heterocycles. The molecule has 0 aromatic rings. The molecule has 1 aliphatic heterocycles. The molecule has 1 saturated heterocycles. The number of hydrogen-bond acceptors (Lipinski definition) is 4. The van der Waals surface area contributed by atoms with Crippen molar-refractivity contribution in [3.05, 3.63) is 0 Å². The lowest BCUT2D eigenvalue weighted by Crippen LogP contribution is -2.33. The normalized spacial score (nSPS) is 16.2. The Morgan fingerprint density at radius 2 is 2.00 bits per heavy atom. The Morgan fingerprint density at radius 3 is 2.46 bits per heavy atom. The molecule has 0 saturated carbocycles. The molecule has 1 fully saturated rings. The van der Waals surface area contributed by atoms with Gasteiger partial charge in [0.05, 0.1) is 0 Å². The smallest absolute Gasteiger partial charge is 0.274 e. The van der Waals surface area contributed by atoms with Crippen LogP contribution in [0, 0.1) is 0 Å². The zero-order chi connectivity index (χ0) is 9.84. The van der Waals surface area contributed by atoms with Crippen molar-refractivity contribution in [1.29, 1.82) is 0 Å². The van der Waals surface area contributed by atoms with Crippen molar-refractivity contribution in [2.45, 2.75) is 26.1 Å². The number of hydroxylamine groups is 2. The Bertz CT molecular complexity index is 237. The summed E-state index contributed by atoms with van der Waals surface area (Å²) in [6, 6.07) is 0. The van der Waals surface area contributed by atoms with E-state index in [1.54, 1.807) is 6.92 Å². The van der Waals surface area contributed by atoms with Crippen molar-refractivity contribution in [2.75, 3.05) is 0 Å². The first-order valence-electron chi connectivity index (χ1n) is 4.06. The molecule has 0 aromatic heterocycles. The summed E-state index contributed by atoms with van der Waals surface area (Å²) in [7, 11) is 1.26. The molecule has 0 atom stereocenters. The number of nitrogens with zero attached hydrogens (tertiary/aromatic N) is 1. The molecule has 0 bridgehead atoms. The van der Waals surface area contributed by atoms with E-state index in [-0.39, 0.29) is 12.8 Å². The minimum absolute atomic E-state index is 0.123. The predicted octanol–water partition coefficient (Wildman–Crippen LogP) is 0.329. The van der Waals surface area contributed by atoms with Crippen LogP contribution in [0.25, 0.3) is 0 Å². The lowest BCUT2D eigenvalue weighted by molar-refractivity contribution is -0.169. The Kier molecular flexibility index (Phi) is 3.05. The van der Waals surface area contributed by atoms with Gasteiger partial charge in [0.2, 0.25) is 0 Å². The fraction of sp³-hybridized carbons (Fsp3) is 0.571. The molecule has 13 heavy (non-hydrogen) atoms. The van der Waals surface area contributed by atoms with Crippen LogP contribution >= 0.6 is 0 Å². The third kappa shape index (κ3) is 2.30. The van der Waals surface area contributed by atoms with E-state index in [0.717, 1.165) is 0 Å². The zero-order valence-electron chi connectivity index (χ0n) is 7.28. The van der Waals surface area contributed by atoms with Crippen LogP contribution < -0.4 is 0 Å². The maximum Gasteiger partial charge on any atom is 0.274 e.